The Labute approximate surface area is 94.2 Å². The van der Waals surface area contributed by atoms with Gasteiger partial charge in [-0.1, -0.05) is 28.4 Å². The van der Waals surface area contributed by atoms with Crippen LogP contribution in [0.4, 0.5) is 0 Å². The Morgan fingerprint density at radius 1 is 1.47 bits per heavy atom. The predicted octanol–water partition coefficient (Wildman–Crippen LogP) is 1.59. The Bertz CT molecular complexity index is 521. The fourth-order valence-corrected chi connectivity index (χ4v) is 1.30. The lowest BCUT2D eigenvalue weighted by atomic mass is 10.4. The van der Waals surface area contributed by atoms with Crippen LogP contribution < -0.4 is 5.56 Å². The van der Waals surface area contributed by atoms with Gasteiger partial charge >= 0.3 is 0 Å². The van der Waals surface area contributed by atoms with Crippen LogP contribution in [0, 0.1) is 0 Å². The molecular formula is C8H5Cl2N3O2. The number of aromatic nitrogens is 3. The lowest BCUT2D eigenvalue weighted by molar-refractivity contribution is 0.407. The Kier molecular flexibility index (Phi) is 2.75. The second kappa shape index (κ2) is 4.04. The van der Waals surface area contributed by atoms with Gasteiger partial charge in [0, 0.05) is 6.07 Å². The van der Waals surface area contributed by atoms with E-state index >= 15 is 0 Å². The molecule has 0 amide bonds. The highest BCUT2D eigenvalue weighted by molar-refractivity contribution is 6.41. The van der Waals surface area contributed by atoms with Crippen molar-refractivity contribution in [1.82, 2.24) is 14.9 Å². The predicted molar refractivity (Wildman–Crippen MR) is 54.1 cm³/mol. The van der Waals surface area contributed by atoms with E-state index in [9.17, 15) is 4.79 Å². The summed E-state index contributed by atoms with van der Waals surface area (Å²) in [5.41, 5.74) is 0.134. The van der Waals surface area contributed by atoms with Crippen molar-refractivity contribution in [3.63, 3.8) is 0 Å². The maximum absolute atomic E-state index is 11.5. The second-order valence-corrected chi connectivity index (χ2v) is 3.55. The third-order valence-electron chi connectivity index (χ3n) is 1.75. The Morgan fingerprint density at radius 2 is 2.27 bits per heavy atom. The molecule has 0 aromatic carbocycles. The first-order chi connectivity index (χ1) is 7.18. The molecule has 0 aliphatic rings. The smallest absolute Gasteiger partial charge is 0.287 e. The molecule has 0 N–H and O–H groups in total. The maximum atomic E-state index is 11.5. The topological polar surface area (TPSA) is 60.9 Å². The lowest BCUT2D eigenvalue weighted by Crippen LogP contribution is -2.23. The number of nitrogens with zero attached hydrogens (tertiary/aromatic N) is 3. The molecule has 2 aromatic heterocycles. The van der Waals surface area contributed by atoms with Crippen molar-refractivity contribution < 1.29 is 4.52 Å². The molecule has 2 aromatic rings. The fourth-order valence-electron chi connectivity index (χ4n) is 1.03. The van der Waals surface area contributed by atoms with E-state index in [0.29, 0.717) is 5.69 Å². The molecule has 0 bridgehead atoms. The number of halogens is 2. The van der Waals surface area contributed by atoms with E-state index in [1.54, 1.807) is 6.07 Å². The van der Waals surface area contributed by atoms with Crippen molar-refractivity contribution in [2.24, 2.45) is 0 Å². The van der Waals surface area contributed by atoms with Gasteiger partial charge in [-0.3, -0.25) is 4.79 Å². The van der Waals surface area contributed by atoms with E-state index < -0.39 is 5.56 Å². The van der Waals surface area contributed by atoms with Crippen molar-refractivity contribution in [2.45, 2.75) is 6.54 Å². The van der Waals surface area contributed by atoms with E-state index in [-0.39, 0.29) is 16.6 Å². The zero-order chi connectivity index (χ0) is 10.8. The average molecular weight is 246 g/mol. The third kappa shape index (κ3) is 2.03. The molecule has 2 rings (SSSR count). The van der Waals surface area contributed by atoms with Crippen LogP contribution in [-0.2, 0) is 6.54 Å². The molecule has 0 aliphatic carbocycles. The molecule has 2 heterocycles. The van der Waals surface area contributed by atoms with Crippen LogP contribution in [0.2, 0.25) is 10.0 Å². The van der Waals surface area contributed by atoms with E-state index in [4.69, 9.17) is 23.2 Å². The number of hydrogen-bond donors (Lipinski definition) is 0. The van der Waals surface area contributed by atoms with Gasteiger partial charge in [-0.2, -0.15) is 5.10 Å². The molecule has 0 aliphatic heterocycles. The van der Waals surface area contributed by atoms with Gasteiger partial charge in [0.2, 0.25) is 0 Å². The minimum Gasteiger partial charge on any atom is -0.364 e. The molecule has 0 unspecified atom stereocenters. The summed E-state index contributed by atoms with van der Waals surface area (Å²) in [5.74, 6) is 0. The zero-order valence-corrected chi connectivity index (χ0v) is 8.87. The van der Waals surface area contributed by atoms with E-state index in [1.807, 2.05) is 0 Å². The highest BCUT2D eigenvalue weighted by Gasteiger charge is 2.08. The van der Waals surface area contributed by atoms with Gasteiger partial charge in [0.25, 0.3) is 5.56 Å². The van der Waals surface area contributed by atoms with Crippen molar-refractivity contribution in [3.05, 3.63) is 44.6 Å². The van der Waals surface area contributed by atoms with Gasteiger partial charge in [-0.15, -0.1) is 0 Å². The van der Waals surface area contributed by atoms with Crippen LogP contribution >= 0.6 is 23.2 Å². The molecule has 0 saturated carbocycles. The summed E-state index contributed by atoms with van der Waals surface area (Å²) in [6.07, 6.45) is 2.73. The molecule has 0 fully saturated rings. The standard InChI is InChI=1S/C8H5Cl2N3O2/c9-6-3-11-13(8(14)7(6)10)4-5-1-2-15-12-5/h1-3H,4H2. The molecule has 0 radical (unpaired) electrons. The second-order valence-electron chi connectivity index (χ2n) is 2.76. The summed E-state index contributed by atoms with van der Waals surface area (Å²) in [6, 6.07) is 1.64. The minimum atomic E-state index is -0.452. The molecule has 5 nitrogen and oxygen atoms in total. The molecule has 78 valence electrons. The summed E-state index contributed by atoms with van der Waals surface area (Å²) in [7, 11) is 0. The lowest BCUT2D eigenvalue weighted by Gasteiger charge is -2.02. The van der Waals surface area contributed by atoms with Gasteiger partial charge in [0.1, 0.15) is 17.0 Å². The van der Waals surface area contributed by atoms with E-state index in [0.717, 1.165) is 4.68 Å². The molecule has 15 heavy (non-hydrogen) atoms. The van der Waals surface area contributed by atoms with Crippen molar-refractivity contribution >= 4 is 23.2 Å². The van der Waals surface area contributed by atoms with Gasteiger partial charge in [-0.05, 0) is 0 Å². The normalized spacial score (nSPS) is 10.5. The van der Waals surface area contributed by atoms with Gasteiger partial charge in [0.05, 0.1) is 17.8 Å². The van der Waals surface area contributed by atoms with Crippen LogP contribution in [0.5, 0.6) is 0 Å². The monoisotopic (exact) mass is 245 g/mol. The summed E-state index contributed by atoms with van der Waals surface area (Å²) >= 11 is 11.3. The van der Waals surface area contributed by atoms with Crippen molar-refractivity contribution in [3.8, 4) is 0 Å². The van der Waals surface area contributed by atoms with Crippen LogP contribution in [-0.4, -0.2) is 14.9 Å². The van der Waals surface area contributed by atoms with E-state index in [2.05, 4.69) is 14.8 Å². The average Bonchev–Trinajstić information content (AvgIpc) is 2.72. The highest BCUT2D eigenvalue weighted by atomic mass is 35.5. The summed E-state index contributed by atoms with van der Waals surface area (Å²) < 4.78 is 5.79. The molecule has 0 spiro atoms. The first-order valence-electron chi connectivity index (χ1n) is 3.99. The van der Waals surface area contributed by atoms with Crippen LogP contribution in [0.25, 0.3) is 0 Å². The maximum Gasteiger partial charge on any atom is 0.287 e. The van der Waals surface area contributed by atoms with Crippen molar-refractivity contribution in [1.29, 1.82) is 0 Å². The molecule has 7 heteroatoms. The van der Waals surface area contributed by atoms with Gasteiger partial charge < -0.3 is 4.52 Å². The fraction of sp³-hybridized carbons (Fsp3) is 0.125. The number of hydrogen-bond acceptors (Lipinski definition) is 4. The first-order valence-corrected chi connectivity index (χ1v) is 4.74. The van der Waals surface area contributed by atoms with Gasteiger partial charge in [0.15, 0.2) is 0 Å². The van der Waals surface area contributed by atoms with Crippen LogP contribution in [0.1, 0.15) is 5.69 Å². The zero-order valence-electron chi connectivity index (χ0n) is 7.35. The van der Waals surface area contributed by atoms with Crippen LogP contribution in [0.15, 0.2) is 27.8 Å². The first kappa shape index (κ1) is 10.2. The Morgan fingerprint density at radius 3 is 2.93 bits per heavy atom. The molecule has 0 atom stereocenters. The minimum absolute atomic E-state index is 0.0461. The summed E-state index contributed by atoms with van der Waals surface area (Å²) in [4.78, 5) is 11.5. The van der Waals surface area contributed by atoms with Crippen LogP contribution in [0.3, 0.4) is 0 Å². The largest absolute Gasteiger partial charge is 0.364 e. The Balaban J connectivity index is 2.38. The van der Waals surface area contributed by atoms with Crippen molar-refractivity contribution in [2.75, 3.05) is 0 Å². The highest BCUT2D eigenvalue weighted by Crippen LogP contribution is 2.14. The quantitative estimate of drug-likeness (QED) is 0.807. The summed E-state index contributed by atoms with van der Waals surface area (Å²) in [6.45, 7) is 0.201. The third-order valence-corrected chi connectivity index (χ3v) is 2.49. The van der Waals surface area contributed by atoms with E-state index in [1.165, 1.54) is 12.5 Å². The molecule has 0 saturated heterocycles. The Hall–Kier alpha value is -1.33. The summed E-state index contributed by atoms with van der Waals surface area (Å²) in [5, 5.41) is 7.56. The SMILES string of the molecule is O=c1c(Cl)c(Cl)cnn1Cc1ccon1. The number of rotatable bonds is 2. The molecular weight excluding hydrogens is 241 g/mol. The van der Waals surface area contributed by atoms with Gasteiger partial charge in [-0.25, -0.2) is 4.68 Å².